The van der Waals surface area contributed by atoms with Gasteiger partial charge in [-0.1, -0.05) is 55.1 Å². The van der Waals surface area contributed by atoms with E-state index in [1.165, 1.54) is 11.8 Å². The molecule has 1 N–H and O–H groups in total. The van der Waals surface area contributed by atoms with Crippen molar-refractivity contribution in [2.24, 2.45) is 4.99 Å². The molecule has 0 aliphatic rings. The molecule has 4 heteroatoms. The van der Waals surface area contributed by atoms with Crippen LogP contribution >= 0.6 is 11.8 Å². The fourth-order valence-electron chi connectivity index (χ4n) is 1.61. The molecule has 0 aliphatic carbocycles. The maximum atomic E-state index is 12.1. The van der Waals surface area contributed by atoms with Gasteiger partial charge in [-0.05, 0) is 30.0 Å². The third-order valence-electron chi connectivity index (χ3n) is 2.52. The summed E-state index contributed by atoms with van der Waals surface area (Å²) in [7, 11) is 0. The lowest BCUT2D eigenvalue weighted by Gasteiger charge is -2.07. The smallest absolute Gasteiger partial charge is 0.257 e. The third-order valence-corrected chi connectivity index (χ3v) is 3.28. The van der Waals surface area contributed by atoms with Gasteiger partial charge in [0.25, 0.3) is 5.91 Å². The Balaban J connectivity index is 2.14. The first kappa shape index (κ1) is 14.3. The Kier molecular flexibility index (Phi) is 5.38. The van der Waals surface area contributed by atoms with Crippen molar-refractivity contribution in [2.45, 2.75) is 6.92 Å². The Bertz CT molecular complexity index is 582. The van der Waals surface area contributed by atoms with Crippen LogP contribution in [0.25, 0.3) is 0 Å². The predicted molar refractivity (Wildman–Crippen MR) is 85.6 cm³/mol. The molecule has 0 saturated carbocycles. The van der Waals surface area contributed by atoms with Crippen molar-refractivity contribution >= 4 is 28.5 Å². The van der Waals surface area contributed by atoms with Gasteiger partial charge in [-0.3, -0.25) is 4.79 Å². The van der Waals surface area contributed by atoms with E-state index in [1.807, 2.05) is 55.5 Å². The fraction of sp³-hybridized carbons (Fsp3) is 0.125. The average Bonchev–Trinajstić information content (AvgIpc) is 2.49. The van der Waals surface area contributed by atoms with Crippen LogP contribution < -0.4 is 5.32 Å². The number of benzene rings is 2. The molecule has 0 saturated heterocycles. The van der Waals surface area contributed by atoms with Gasteiger partial charge in [0, 0.05) is 5.56 Å². The van der Waals surface area contributed by atoms with E-state index >= 15 is 0 Å². The van der Waals surface area contributed by atoms with Crippen LogP contribution in [-0.2, 0) is 0 Å². The number of amides is 1. The number of thioether (sulfide) groups is 1. The van der Waals surface area contributed by atoms with Gasteiger partial charge in [0.05, 0.1) is 5.69 Å². The molecular formula is C16H16N2OS. The van der Waals surface area contributed by atoms with Crippen LogP contribution in [0.15, 0.2) is 65.7 Å². The second-order valence-corrected chi connectivity index (χ2v) is 5.26. The van der Waals surface area contributed by atoms with Crippen LogP contribution in [0.2, 0.25) is 0 Å². The predicted octanol–water partition coefficient (Wildman–Crippen LogP) is 3.86. The molecule has 2 rings (SSSR count). The number of hydrogen-bond donors (Lipinski definition) is 1. The van der Waals surface area contributed by atoms with E-state index in [0.29, 0.717) is 10.7 Å². The van der Waals surface area contributed by atoms with Gasteiger partial charge in [0.15, 0.2) is 5.17 Å². The summed E-state index contributed by atoms with van der Waals surface area (Å²) >= 11 is 1.51. The Morgan fingerprint density at radius 1 is 1.05 bits per heavy atom. The third kappa shape index (κ3) is 4.24. The molecule has 0 spiro atoms. The lowest BCUT2D eigenvalue weighted by Crippen LogP contribution is -2.28. The molecule has 1 amide bonds. The van der Waals surface area contributed by atoms with Crippen molar-refractivity contribution in [3.8, 4) is 0 Å². The number of carbonyl (C=O) groups excluding carboxylic acids is 1. The van der Waals surface area contributed by atoms with E-state index in [2.05, 4.69) is 10.3 Å². The van der Waals surface area contributed by atoms with Gasteiger partial charge in [0.1, 0.15) is 0 Å². The molecule has 2 aromatic rings. The highest BCUT2D eigenvalue weighted by Gasteiger charge is 2.08. The summed E-state index contributed by atoms with van der Waals surface area (Å²) in [6.07, 6.45) is 0. The number of para-hydroxylation sites is 1. The topological polar surface area (TPSA) is 41.5 Å². The average molecular weight is 284 g/mol. The van der Waals surface area contributed by atoms with Gasteiger partial charge in [-0.15, -0.1) is 0 Å². The minimum atomic E-state index is -0.138. The molecule has 20 heavy (non-hydrogen) atoms. The normalized spacial score (nSPS) is 11.2. The number of rotatable bonds is 3. The van der Waals surface area contributed by atoms with E-state index < -0.39 is 0 Å². The van der Waals surface area contributed by atoms with Crippen molar-refractivity contribution in [1.82, 2.24) is 5.32 Å². The molecule has 0 aromatic heterocycles. The number of nitrogens with zero attached hydrogens (tertiary/aromatic N) is 1. The summed E-state index contributed by atoms with van der Waals surface area (Å²) in [5.74, 6) is 0.710. The van der Waals surface area contributed by atoms with Crippen LogP contribution in [-0.4, -0.2) is 16.8 Å². The quantitative estimate of drug-likeness (QED) is 0.687. The largest absolute Gasteiger partial charge is 0.301 e. The first-order valence-corrected chi connectivity index (χ1v) is 7.41. The van der Waals surface area contributed by atoms with Crippen LogP contribution in [0.4, 0.5) is 5.69 Å². The monoisotopic (exact) mass is 284 g/mol. The summed E-state index contributed by atoms with van der Waals surface area (Å²) in [5, 5.41) is 3.47. The van der Waals surface area contributed by atoms with Crippen LogP contribution in [0.1, 0.15) is 17.3 Å². The zero-order valence-corrected chi connectivity index (χ0v) is 12.1. The van der Waals surface area contributed by atoms with Crippen molar-refractivity contribution in [1.29, 1.82) is 0 Å². The SMILES string of the molecule is CCSC(=Nc1ccccc1)NC(=O)c1ccccc1. The molecule has 0 heterocycles. The molecule has 3 nitrogen and oxygen atoms in total. The minimum Gasteiger partial charge on any atom is -0.301 e. The highest BCUT2D eigenvalue weighted by Crippen LogP contribution is 2.14. The Morgan fingerprint density at radius 2 is 1.65 bits per heavy atom. The molecule has 0 unspecified atom stereocenters. The maximum Gasteiger partial charge on any atom is 0.257 e. The second kappa shape index (κ2) is 7.50. The Labute approximate surface area is 123 Å². The molecule has 0 aliphatic heterocycles. The first-order valence-electron chi connectivity index (χ1n) is 6.42. The standard InChI is InChI=1S/C16H16N2OS/c1-2-20-16(17-14-11-7-4-8-12-14)18-15(19)13-9-5-3-6-10-13/h3-12H,2H2,1H3,(H,17,18,19). The van der Waals surface area contributed by atoms with E-state index in [9.17, 15) is 4.79 Å². The number of nitrogens with one attached hydrogen (secondary N) is 1. The van der Waals surface area contributed by atoms with E-state index in [-0.39, 0.29) is 5.91 Å². The van der Waals surface area contributed by atoms with Gasteiger partial charge in [-0.25, -0.2) is 4.99 Å². The minimum absolute atomic E-state index is 0.138. The van der Waals surface area contributed by atoms with Crippen molar-refractivity contribution in [2.75, 3.05) is 5.75 Å². The molecule has 2 aromatic carbocycles. The Hall–Kier alpha value is -2.07. The van der Waals surface area contributed by atoms with Gasteiger partial charge >= 0.3 is 0 Å². The van der Waals surface area contributed by atoms with E-state index in [4.69, 9.17) is 0 Å². The number of amidine groups is 1. The zero-order valence-electron chi connectivity index (χ0n) is 11.2. The van der Waals surface area contributed by atoms with E-state index in [1.54, 1.807) is 12.1 Å². The van der Waals surface area contributed by atoms with Crippen LogP contribution in [0.5, 0.6) is 0 Å². The lowest BCUT2D eigenvalue weighted by atomic mass is 10.2. The first-order chi connectivity index (χ1) is 9.79. The lowest BCUT2D eigenvalue weighted by molar-refractivity contribution is 0.0978. The molecule has 0 radical (unpaired) electrons. The zero-order chi connectivity index (χ0) is 14.2. The van der Waals surface area contributed by atoms with Gasteiger partial charge in [0.2, 0.25) is 0 Å². The Morgan fingerprint density at radius 3 is 2.25 bits per heavy atom. The van der Waals surface area contributed by atoms with Crippen LogP contribution in [0.3, 0.4) is 0 Å². The van der Waals surface area contributed by atoms with Crippen molar-refractivity contribution in [3.05, 3.63) is 66.2 Å². The number of hydrogen-bond acceptors (Lipinski definition) is 3. The summed E-state index contributed by atoms with van der Waals surface area (Å²) in [6, 6.07) is 18.7. The second-order valence-electron chi connectivity index (χ2n) is 4.01. The molecule has 102 valence electrons. The summed E-state index contributed by atoms with van der Waals surface area (Å²) in [5.41, 5.74) is 1.46. The molecule has 0 fully saturated rings. The highest BCUT2D eigenvalue weighted by molar-refractivity contribution is 8.13. The van der Waals surface area contributed by atoms with Gasteiger partial charge in [-0.2, -0.15) is 0 Å². The van der Waals surface area contributed by atoms with Crippen molar-refractivity contribution in [3.63, 3.8) is 0 Å². The molecule has 0 bridgehead atoms. The summed E-state index contributed by atoms with van der Waals surface area (Å²) < 4.78 is 0. The van der Waals surface area contributed by atoms with Crippen LogP contribution in [0, 0.1) is 0 Å². The van der Waals surface area contributed by atoms with Crippen molar-refractivity contribution < 1.29 is 4.79 Å². The van der Waals surface area contributed by atoms with E-state index in [0.717, 1.165) is 11.4 Å². The fourth-order valence-corrected chi connectivity index (χ4v) is 2.22. The number of aliphatic imine (C=N–C) groups is 1. The highest BCUT2D eigenvalue weighted by atomic mass is 32.2. The number of carbonyl (C=O) groups is 1. The summed E-state index contributed by atoms with van der Waals surface area (Å²) in [6.45, 7) is 2.03. The van der Waals surface area contributed by atoms with Gasteiger partial charge < -0.3 is 5.32 Å². The maximum absolute atomic E-state index is 12.1. The molecule has 0 atom stereocenters. The molecular weight excluding hydrogens is 268 g/mol. The summed E-state index contributed by atoms with van der Waals surface area (Å²) in [4.78, 5) is 16.6.